The van der Waals surface area contributed by atoms with Crippen molar-refractivity contribution in [1.82, 2.24) is 25.8 Å². The Morgan fingerprint density at radius 3 is 2.70 bits per heavy atom. The molecule has 3 rings (SSSR count). The van der Waals surface area contributed by atoms with Gasteiger partial charge in [-0.05, 0) is 64.0 Å². The quantitative estimate of drug-likeness (QED) is 0.0992. The number of rotatable bonds is 13. The molecule has 2 aliphatic heterocycles. The smallest absolute Gasteiger partial charge is 0.245 e. The van der Waals surface area contributed by atoms with Gasteiger partial charge in [0, 0.05) is 31.1 Å². The van der Waals surface area contributed by atoms with Gasteiger partial charge in [-0.2, -0.15) is 0 Å². The van der Waals surface area contributed by atoms with Crippen LogP contribution in [0.3, 0.4) is 0 Å². The highest BCUT2D eigenvalue weighted by atomic mass is 32.1. The zero-order valence-corrected chi connectivity index (χ0v) is 21.9. The van der Waals surface area contributed by atoms with E-state index >= 15 is 0 Å². The first-order chi connectivity index (χ1) is 17.8. The van der Waals surface area contributed by atoms with Crippen LogP contribution >= 0.6 is 11.3 Å². The number of carbonyl (C=O) groups is 4. The average molecular weight is 535 g/mol. The normalized spacial score (nSPS) is 19.2. The Morgan fingerprint density at radius 1 is 1.22 bits per heavy atom. The summed E-state index contributed by atoms with van der Waals surface area (Å²) in [7, 11) is 0. The number of likely N-dealkylation sites (tertiary alicyclic amines) is 1. The Labute approximate surface area is 221 Å². The van der Waals surface area contributed by atoms with Crippen LogP contribution in [0.1, 0.15) is 61.2 Å². The van der Waals surface area contributed by atoms with E-state index in [2.05, 4.69) is 25.9 Å². The molecule has 0 saturated carbocycles. The van der Waals surface area contributed by atoms with Gasteiger partial charge in [-0.1, -0.05) is 0 Å². The summed E-state index contributed by atoms with van der Waals surface area (Å²) < 4.78 is 0. The molecule has 0 unspecified atom stereocenters. The maximum absolute atomic E-state index is 13.0. The molecule has 37 heavy (non-hydrogen) atoms. The number of nitrogens with zero attached hydrogens (tertiary/aromatic N) is 3. The molecule has 12 nitrogen and oxygen atoms in total. The third kappa shape index (κ3) is 9.39. The maximum Gasteiger partial charge on any atom is 0.245 e. The molecule has 1 aromatic heterocycles. The van der Waals surface area contributed by atoms with E-state index in [-0.39, 0.29) is 30.1 Å². The number of nitrogens with two attached hydrogens (primary N) is 2. The van der Waals surface area contributed by atoms with E-state index in [0.717, 1.165) is 32.4 Å². The van der Waals surface area contributed by atoms with Crippen LogP contribution in [0.25, 0.3) is 0 Å². The van der Waals surface area contributed by atoms with Crippen molar-refractivity contribution in [2.75, 3.05) is 32.7 Å². The summed E-state index contributed by atoms with van der Waals surface area (Å²) in [5.74, 6) is -0.637. The van der Waals surface area contributed by atoms with Gasteiger partial charge >= 0.3 is 0 Å². The molecule has 0 radical (unpaired) electrons. The molecule has 3 heterocycles. The molecule has 0 bridgehead atoms. The van der Waals surface area contributed by atoms with Gasteiger partial charge < -0.3 is 32.3 Å². The minimum atomic E-state index is -0.807. The van der Waals surface area contributed by atoms with Gasteiger partial charge in [0.05, 0.1) is 12.6 Å². The molecule has 204 valence electrons. The van der Waals surface area contributed by atoms with Gasteiger partial charge in [-0.15, -0.1) is 11.3 Å². The van der Waals surface area contributed by atoms with Gasteiger partial charge in [0.15, 0.2) is 11.0 Å². The summed E-state index contributed by atoms with van der Waals surface area (Å²) in [6, 6.07) is -1.44. The highest BCUT2D eigenvalue weighted by molar-refractivity contribution is 7.11. The summed E-state index contributed by atoms with van der Waals surface area (Å²) in [5.41, 5.74) is 10.7. The number of carbonyl (C=O) groups excluding carboxylic acids is 4. The molecule has 2 aliphatic rings. The number of hydrogen-bond acceptors (Lipinski definition) is 8. The number of aromatic nitrogens is 1. The fourth-order valence-electron chi connectivity index (χ4n) is 4.68. The zero-order valence-electron chi connectivity index (χ0n) is 21.1. The van der Waals surface area contributed by atoms with Crippen LogP contribution in [0.5, 0.6) is 0 Å². The SMILES string of the molecule is NC(N)=NCCC[C@H](NC(=O)CN1CCC[C@H](NC(=O)CCC2CCNCC2)C1=O)C(=O)c1nccs1. The Morgan fingerprint density at radius 2 is 2.00 bits per heavy atom. The van der Waals surface area contributed by atoms with Crippen LogP contribution < -0.4 is 27.4 Å². The average Bonchev–Trinajstić information content (AvgIpc) is 3.42. The van der Waals surface area contributed by atoms with E-state index in [1.165, 1.54) is 22.4 Å². The molecule has 0 spiro atoms. The molecule has 13 heteroatoms. The van der Waals surface area contributed by atoms with Gasteiger partial charge in [-0.25, -0.2) is 4.98 Å². The van der Waals surface area contributed by atoms with Crippen molar-refractivity contribution in [3.05, 3.63) is 16.6 Å². The minimum Gasteiger partial charge on any atom is -0.370 e. The molecule has 0 aromatic carbocycles. The number of ketones is 1. The van der Waals surface area contributed by atoms with Gasteiger partial charge in [0.2, 0.25) is 23.5 Å². The van der Waals surface area contributed by atoms with E-state index < -0.39 is 18.0 Å². The van der Waals surface area contributed by atoms with E-state index in [1.54, 1.807) is 5.38 Å². The molecule has 3 amide bonds. The van der Waals surface area contributed by atoms with E-state index in [0.29, 0.717) is 56.1 Å². The summed E-state index contributed by atoms with van der Waals surface area (Å²) in [6.45, 7) is 2.52. The second-order valence-electron chi connectivity index (χ2n) is 9.52. The maximum atomic E-state index is 13.0. The third-order valence-corrected chi connectivity index (χ3v) is 7.47. The fraction of sp³-hybridized carbons (Fsp3) is 0.667. The predicted molar refractivity (Wildman–Crippen MR) is 141 cm³/mol. The molecular weight excluding hydrogens is 496 g/mol. The van der Waals surface area contributed by atoms with Crippen molar-refractivity contribution < 1.29 is 19.2 Å². The van der Waals surface area contributed by atoms with E-state index in [4.69, 9.17) is 11.5 Å². The van der Waals surface area contributed by atoms with Gasteiger partial charge in [-0.3, -0.25) is 24.2 Å². The minimum absolute atomic E-state index is 0.0385. The lowest BCUT2D eigenvalue weighted by Crippen LogP contribution is -2.55. The number of aliphatic imine (C=N–C) groups is 1. The summed E-state index contributed by atoms with van der Waals surface area (Å²) >= 11 is 1.20. The van der Waals surface area contributed by atoms with Crippen LogP contribution in [0, 0.1) is 5.92 Å². The second kappa shape index (κ2) is 14.6. The van der Waals surface area contributed by atoms with Crippen LogP contribution in [0.2, 0.25) is 0 Å². The van der Waals surface area contributed by atoms with E-state index in [1.807, 2.05) is 0 Å². The number of nitrogens with one attached hydrogen (secondary N) is 3. The fourth-order valence-corrected chi connectivity index (χ4v) is 5.31. The molecule has 2 fully saturated rings. The van der Waals surface area contributed by atoms with E-state index in [9.17, 15) is 19.2 Å². The third-order valence-electron chi connectivity index (χ3n) is 6.68. The number of amides is 3. The summed E-state index contributed by atoms with van der Waals surface area (Å²) in [5, 5.41) is 10.9. The second-order valence-corrected chi connectivity index (χ2v) is 10.4. The highest BCUT2D eigenvalue weighted by Gasteiger charge is 2.32. The first-order valence-electron chi connectivity index (χ1n) is 12.9. The number of piperidine rings is 2. The lowest BCUT2D eigenvalue weighted by molar-refractivity contribution is -0.141. The molecule has 2 atom stereocenters. The van der Waals surface area contributed by atoms with Gasteiger partial charge in [0.25, 0.3) is 0 Å². The van der Waals surface area contributed by atoms with Crippen LogP contribution in [0.4, 0.5) is 0 Å². The Kier molecular flexibility index (Phi) is 11.3. The van der Waals surface area contributed by atoms with Crippen molar-refractivity contribution in [2.24, 2.45) is 22.4 Å². The lowest BCUT2D eigenvalue weighted by Gasteiger charge is -2.32. The highest BCUT2D eigenvalue weighted by Crippen LogP contribution is 2.18. The molecule has 2 saturated heterocycles. The van der Waals surface area contributed by atoms with Crippen molar-refractivity contribution in [3.8, 4) is 0 Å². The topological polar surface area (TPSA) is 185 Å². The Balaban J connectivity index is 1.50. The van der Waals surface area contributed by atoms with Crippen LogP contribution in [-0.2, 0) is 14.4 Å². The summed E-state index contributed by atoms with van der Waals surface area (Å²) in [4.78, 5) is 60.6. The van der Waals surface area contributed by atoms with Crippen LogP contribution in [0.15, 0.2) is 16.6 Å². The number of hydrogen-bond donors (Lipinski definition) is 5. The number of thiazole rings is 1. The Hall–Kier alpha value is -3.06. The largest absolute Gasteiger partial charge is 0.370 e. The number of Topliss-reactive ketones (excluding diaryl/α,β-unsaturated/α-hetero) is 1. The number of guanidine groups is 1. The lowest BCUT2D eigenvalue weighted by atomic mass is 9.93. The standard InChI is InChI=1S/C24H38N8O4S/c25-24(26)29-9-1-3-17(21(35)22-28-12-14-37-22)30-20(34)15-32-13-2-4-18(23(32)36)31-19(33)6-5-16-7-10-27-11-8-16/h12,14,16-18,27H,1-11,13,15H2,(H,30,34)(H,31,33)(H4,25,26,29)/t17-,18-/m0/s1. The zero-order chi connectivity index (χ0) is 26.6. The van der Waals surface area contributed by atoms with Gasteiger partial charge in [0.1, 0.15) is 6.04 Å². The molecule has 0 aliphatic carbocycles. The molecular formula is C24H38N8O4S. The monoisotopic (exact) mass is 534 g/mol. The van der Waals surface area contributed by atoms with Crippen molar-refractivity contribution in [2.45, 2.75) is 63.5 Å². The van der Waals surface area contributed by atoms with Crippen molar-refractivity contribution in [3.63, 3.8) is 0 Å². The summed E-state index contributed by atoms with van der Waals surface area (Å²) in [6.07, 6.45) is 6.91. The predicted octanol–water partition coefficient (Wildman–Crippen LogP) is -0.249. The molecule has 7 N–H and O–H groups in total. The first kappa shape index (κ1) is 28.5. The van der Waals surface area contributed by atoms with Crippen LogP contribution in [-0.4, -0.2) is 84.2 Å². The van der Waals surface area contributed by atoms with Crippen molar-refractivity contribution >= 4 is 40.8 Å². The Bertz CT molecular complexity index is 945. The molecule has 1 aromatic rings. The van der Waals surface area contributed by atoms with Crippen molar-refractivity contribution in [1.29, 1.82) is 0 Å². The first-order valence-corrected chi connectivity index (χ1v) is 13.8.